The van der Waals surface area contributed by atoms with Gasteiger partial charge in [-0.15, -0.1) is 0 Å². The van der Waals surface area contributed by atoms with Gasteiger partial charge in [-0.2, -0.15) is 4.31 Å². The molecule has 20 heavy (non-hydrogen) atoms. The van der Waals surface area contributed by atoms with Gasteiger partial charge in [0.25, 0.3) is 0 Å². The van der Waals surface area contributed by atoms with Crippen molar-refractivity contribution < 1.29 is 17.5 Å². The van der Waals surface area contributed by atoms with Gasteiger partial charge in [0, 0.05) is 19.6 Å². The molecule has 1 heterocycles. The lowest BCUT2D eigenvalue weighted by atomic mass is 10.2. The minimum absolute atomic E-state index is 0.179. The van der Waals surface area contributed by atoms with Crippen molar-refractivity contribution in [3.63, 3.8) is 0 Å². The molecule has 0 amide bonds. The fraction of sp³-hybridized carbons (Fsp3) is 0.538. The fourth-order valence-corrected chi connectivity index (χ4v) is 3.82. The molecule has 1 aromatic carbocycles. The van der Waals surface area contributed by atoms with Crippen molar-refractivity contribution in [1.29, 1.82) is 0 Å². The van der Waals surface area contributed by atoms with Crippen molar-refractivity contribution in [3.8, 4) is 0 Å². The van der Waals surface area contributed by atoms with Crippen LogP contribution in [0.5, 0.6) is 0 Å². The molecule has 1 saturated heterocycles. The van der Waals surface area contributed by atoms with Gasteiger partial charge in [0.1, 0.15) is 10.7 Å². The van der Waals surface area contributed by atoms with E-state index in [2.05, 4.69) is 5.32 Å². The topological polar surface area (TPSA) is 58.6 Å². The number of sulfonamides is 1. The molecule has 0 aliphatic carbocycles. The van der Waals surface area contributed by atoms with Crippen molar-refractivity contribution in [2.75, 3.05) is 26.7 Å². The lowest BCUT2D eigenvalue weighted by Gasteiger charge is -2.30. The number of nitrogens with zero attached hydrogens (tertiary/aromatic N) is 1. The molecule has 5 nitrogen and oxygen atoms in total. The van der Waals surface area contributed by atoms with Gasteiger partial charge in [0.05, 0.1) is 12.7 Å². The fourth-order valence-electron chi connectivity index (χ4n) is 2.20. The quantitative estimate of drug-likeness (QED) is 0.900. The van der Waals surface area contributed by atoms with E-state index in [-0.39, 0.29) is 24.1 Å². The highest BCUT2D eigenvalue weighted by molar-refractivity contribution is 7.89. The summed E-state index contributed by atoms with van der Waals surface area (Å²) in [6, 6.07) is 4.16. The molecule has 0 radical (unpaired) electrons. The van der Waals surface area contributed by atoms with Crippen molar-refractivity contribution in [1.82, 2.24) is 9.62 Å². The average molecular weight is 302 g/mol. The van der Waals surface area contributed by atoms with Gasteiger partial charge in [-0.3, -0.25) is 0 Å². The number of hydrogen-bond donors (Lipinski definition) is 1. The van der Waals surface area contributed by atoms with Crippen LogP contribution in [0.2, 0.25) is 0 Å². The van der Waals surface area contributed by atoms with Crippen molar-refractivity contribution in [2.24, 2.45) is 0 Å². The summed E-state index contributed by atoms with van der Waals surface area (Å²) < 4.78 is 45.5. The Morgan fingerprint density at radius 2 is 2.25 bits per heavy atom. The molecule has 1 atom stereocenters. The van der Waals surface area contributed by atoms with Crippen molar-refractivity contribution in [2.45, 2.75) is 24.5 Å². The largest absolute Gasteiger partial charge is 0.376 e. The van der Waals surface area contributed by atoms with Crippen LogP contribution in [0.4, 0.5) is 4.39 Å². The number of nitrogens with one attached hydrogen (secondary N) is 1. The van der Waals surface area contributed by atoms with E-state index < -0.39 is 15.8 Å². The maximum absolute atomic E-state index is 13.9. The number of benzene rings is 1. The van der Waals surface area contributed by atoms with Gasteiger partial charge in [0.15, 0.2) is 0 Å². The first-order valence-electron chi connectivity index (χ1n) is 6.50. The van der Waals surface area contributed by atoms with E-state index in [1.165, 1.54) is 16.4 Å². The summed E-state index contributed by atoms with van der Waals surface area (Å²) in [5.41, 5.74) is 0.730. The van der Waals surface area contributed by atoms with E-state index in [4.69, 9.17) is 4.74 Å². The number of ether oxygens (including phenoxy) is 1. The van der Waals surface area contributed by atoms with Gasteiger partial charge in [0.2, 0.25) is 10.0 Å². The Labute approximate surface area is 118 Å². The average Bonchev–Trinajstić information content (AvgIpc) is 2.41. The summed E-state index contributed by atoms with van der Waals surface area (Å²) in [5, 5.41) is 2.92. The van der Waals surface area contributed by atoms with Crippen LogP contribution in [0.3, 0.4) is 0 Å². The zero-order valence-electron chi connectivity index (χ0n) is 11.6. The van der Waals surface area contributed by atoms with E-state index >= 15 is 0 Å². The lowest BCUT2D eigenvalue weighted by Crippen LogP contribution is -2.44. The molecule has 1 aliphatic heterocycles. The number of hydrogen-bond acceptors (Lipinski definition) is 4. The van der Waals surface area contributed by atoms with E-state index in [1.54, 1.807) is 20.0 Å². The minimum atomic E-state index is -3.82. The van der Waals surface area contributed by atoms with Crippen molar-refractivity contribution >= 4 is 10.0 Å². The second kappa shape index (κ2) is 6.17. The predicted octanol–water partition coefficient (Wildman–Crippen LogP) is 0.954. The number of rotatable bonds is 4. The van der Waals surface area contributed by atoms with Crippen LogP contribution in [0.1, 0.15) is 12.5 Å². The van der Waals surface area contributed by atoms with Crippen molar-refractivity contribution in [3.05, 3.63) is 29.6 Å². The first-order chi connectivity index (χ1) is 9.45. The molecular formula is C13H19FN2O3S. The SMILES string of the molecule is CNCc1ccc(F)c(S(=O)(=O)N2CCOC(C)C2)c1. The standard InChI is InChI=1S/C13H19FN2O3S/c1-10-9-16(5-6-19-10)20(17,18)13-7-11(8-15-2)3-4-12(13)14/h3-4,7,10,15H,5-6,8-9H2,1-2H3. The molecule has 0 aromatic heterocycles. The summed E-state index contributed by atoms with van der Waals surface area (Å²) in [6.07, 6.45) is -0.179. The minimum Gasteiger partial charge on any atom is -0.376 e. The maximum Gasteiger partial charge on any atom is 0.246 e. The molecule has 1 unspecified atom stereocenters. The highest BCUT2D eigenvalue weighted by atomic mass is 32.2. The second-order valence-electron chi connectivity index (χ2n) is 4.84. The Kier molecular flexibility index (Phi) is 4.74. The normalized spacial score (nSPS) is 21.1. The summed E-state index contributed by atoms with van der Waals surface area (Å²) in [4.78, 5) is -0.264. The van der Waals surface area contributed by atoms with Gasteiger partial charge < -0.3 is 10.1 Å². The van der Waals surface area contributed by atoms with E-state index in [9.17, 15) is 12.8 Å². The van der Waals surface area contributed by atoms with E-state index in [1.807, 2.05) is 0 Å². The summed E-state index contributed by atoms with van der Waals surface area (Å²) in [6.45, 7) is 3.12. The van der Waals surface area contributed by atoms with E-state index in [0.29, 0.717) is 13.2 Å². The molecule has 0 spiro atoms. The molecule has 1 N–H and O–H groups in total. The highest BCUT2D eigenvalue weighted by Crippen LogP contribution is 2.22. The summed E-state index contributed by atoms with van der Waals surface area (Å²) in [5.74, 6) is -0.719. The van der Waals surface area contributed by atoms with Crippen LogP contribution in [-0.2, 0) is 21.3 Å². The van der Waals surface area contributed by atoms with Crippen LogP contribution < -0.4 is 5.32 Å². The van der Waals surface area contributed by atoms with Crippen LogP contribution in [-0.4, -0.2) is 45.6 Å². The Morgan fingerprint density at radius 3 is 2.90 bits per heavy atom. The Bertz CT molecular complexity index is 577. The van der Waals surface area contributed by atoms with Crippen LogP contribution in [0.15, 0.2) is 23.1 Å². The zero-order valence-corrected chi connectivity index (χ0v) is 12.4. The molecule has 0 bridgehead atoms. The Morgan fingerprint density at radius 1 is 1.50 bits per heavy atom. The van der Waals surface area contributed by atoms with Gasteiger partial charge >= 0.3 is 0 Å². The number of halogens is 1. The molecule has 112 valence electrons. The van der Waals surface area contributed by atoms with Crippen LogP contribution in [0.25, 0.3) is 0 Å². The third-order valence-electron chi connectivity index (χ3n) is 3.20. The summed E-state index contributed by atoms with van der Waals surface area (Å²) in [7, 11) is -2.06. The third-order valence-corrected chi connectivity index (χ3v) is 5.08. The van der Waals surface area contributed by atoms with Crippen LogP contribution >= 0.6 is 0 Å². The monoisotopic (exact) mass is 302 g/mol. The van der Waals surface area contributed by atoms with Gasteiger partial charge in [-0.05, 0) is 31.7 Å². The lowest BCUT2D eigenvalue weighted by molar-refractivity contribution is 0.0101. The number of morpholine rings is 1. The first-order valence-corrected chi connectivity index (χ1v) is 7.94. The highest BCUT2D eigenvalue weighted by Gasteiger charge is 2.31. The molecule has 1 fully saturated rings. The first kappa shape index (κ1) is 15.4. The Hall–Kier alpha value is -1.02. The molecule has 1 aliphatic rings. The van der Waals surface area contributed by atoms with Gasteiger partial charge in [-0.1, -0.05) is 6.07 Å². The predicted molar refractivity (Wildman–Crippen MR) is 73.3 cm³/mol. The van der Waals surface area contributed by atoms with Gasteiger partial charge in [-0.25, -0.2) is 12.8 Å². The Balaban J connectivity index is 2.35. The molecule has 1 aromatic rings. The maximum atomic E-state index is 13.9. The molecular weight excluding hydrogens is 283 g/mol. The second-order valence-corrected chi connectivity index (χ2v) is 6.75. The van der Waals surface area contributed by atoms with Crippen LogP contribution in [0, 0.1) is 5.82 Å². The molecule has 7 heteroatoms. The summed E-state index contributed by atoms with van der Waals surface area (Å²) >= 11 is 0. The molecule has 2 rings (SSSR count). The third kappa shape index (κ3) is 3.17. The van der Waals surface area contributed by atoms with E-state index in [0.717, 1.165) is 5.56 Å². The molecule has 0 saturated carbocycles. The smallest absolute Gasteiger partial charge is 0.246 e. The zero-order chi connectivity index (χ0) is 14.8.